The average Bonchev–Trinajstić information content (AvgIpc) is 2.71. The minimum atomic E-state index is -0.620. The van der Waals surface area contributed by atoms with E-state index in [9.17, 15) is 9.18 Å². The van der Waals surface area contributed by atoms with Crippen molar-refractivity contribution in [3.8, 4) is 0 Å². The van der Waals surface area contributed by atoms with Crippen LogP contribution in [0.5, 0.6) is 0 Å². The Morgan fingerprint density at radius 2 is 2.04 bits per heavy atom. The smallest absolute Gasteiger partial charge is 0.267 e. The molecule has 0 aliphatic carbocycles. The van der Waals surface area contributed by atoms with E-state index >= 15 is 0 Å². The van der Waals surface area contributed by atoms with E-state index in [0.29, 0.717) is 16.4 Å². The Balaban J connectivity index is 1.51. The van der Waals surface area contributed by atoms with Crippen LogP contribution in [0.2, 0.25) is 5.02 Å². The van der Waals surface area contributed by atoms with Gasteiger partial charge in [0, 0.05) is 37.9 Å². The molecule has 0 bridgehead atoms. The number of carbonyl (C=O) groups is 1. The molecule has 0 radical (unpaired) electrons. The van der Waals surface area contributed by atoms with Crippen molar-refractivity contribution >= 4 is 29.4 Å². The summed E-state index contributed by atoms with van der Waals surface area (Å²) in [5.74, 6) is -0.220. The minimum Gasteiger partial charge on any atom is -0.366 e. The molecule has 1 saturated heterocycles. The van der Waals surface area contributed by atoms with Gasteiger partial charge >= 0.3 is 0 Å². The number of hydrogen-bond donors (Lipinski definition) is 3. The largest absolute Gasteiger partial charge is 0.366 e. The summed E-state index contributed by atoms with van der Waals surface area (Å²) >= 11 is 6.30. The first-order valence-corrected chi connectivity index (χ1v) is 9.42. The van der Waals surface area contributed by atoms with Crippen LogP contribution in [0.25, 0.3) is 6.08 Å². The van der Waals surface area contributed by atoms with Crippen LogP contribution in [0.1, 0.15) is 24.0 Å². The van der Waals surface area contributed by atoms with E-state index in [0.717, 1.165) is 38.0 Å². The highest BCUT2D eigenvalue weighted by Crippen LogP contribution is 2.24. The maximum Gasteiger partial charge on any atom is 0.267 e. The van der Waals surface area contributed by atoms with Crippen molar-refractivity contribution in [3.63, 3.8) is 0 Å². The van der Waals surface area contributed by atoms with Gasteiger partial charge in [0.2, 0.25) is 0 Å². The summed E-state index contributed by atoms with van der Waals surface area (Å²) in [6.07, 6.45) is 6.23. The van der Waals surface area contributed by atoms with Gasteiger partial charge in [0.1, 0.15) is 11.6 Å². The summed E-state index contributed by atoms with van der Waals surface area (Å²) in [5.41, 5.74) is 3.29. The van der Waals surface area contributed by atoms with Crippen LogP contribution in [0, 0.1) is 5.82 Å². The van der Waals surface area contributed by atoms with E-state index in [1.165, 1.54) is 29.8 Å². The molecule has 1 fully saturated rings. The first kappa shape index (κ1) is 20.3. The lowest BCUT2D eigenvalue weighted by molar-refractivity contribution is -0.124. The zero-order valence-corrected chi connectivity index (χ0v) is 16.0. The Morgan fingerprint density at radius 1 is 1.32 bits per heavy atom. The predicted octanol–water partition coefficient (Wildman–Crippen LogP) is 3.47. The Hall–Kier alpha value is -2.48. The van der Waals surface area contributed by atoms with Gasteiger partial charge in [-0.2, -0.15) is 0 Å². The lowest BCUT2D eigenvalue weighted by Crippen LogP contribution is -2.38. The number of anilines is 1. The van der Waals surface area contributed by atoms with Crippen LogP contribution in [0.15, 0.2) is 42.6 Å². The van der Waals surface area contributed by atoms with E-state index in [4.69, 9.17) is 16.8 Å². The molecule has 1 aliphatic rings. The quantitative estimate of drug-likeness (QED) is 0.390. The van der Waals surface area contributed by atoms with Crippen molar-refractivity contribution in [3.05, 3.63) is 64.6 Å². The first-order chi connectivity index (χ1) is 13.5. The number of carbonyl (C=O) groups excluding carboxylic acids is 1. The molecule has 1 aromatic carbocycles. The van der Waals surface area contributed by atoms with Gasteiger partial charge in [0.25, 0.3) is 5.91 Å². The number of amides is 1. The van der Waals surface area contributed by atoms with E-state index in [1.54, 1.807) is 12.3 Å². The molecule has 8 heteroatoms. The van der Waals surface area contributed by atoms with Gasteiger partial charge < -0.3 is 5.32 Å². The van der Waals surface area contributed by atoms with Crippen molar-refractivity contribution in [2.24, 2.45) is 0 Å². The molecular formula is C20H22ClFN4O2. The molecular weight excluding hydrogens is 383 g/mol. The lowest BCUT2D eigenvalue weighted by Gasteiger charge is -2.32. The van der Waals surface area contributed by atoms with E-state index < -0.39 is 5.91 Å². The molecule has 0 unspecified atom stereocenters. The van der Waals surface area contributed by atoms with Crippen LogP contribution >= 0.6 is 11.6 Å². The predicted molar refractivity (Wildman–Crippen MR) is 107 cm³/mol. The highest BCUT2D eigenvalue weighted by molar-refractivity contribution is 6.33. The van der Waals surface area contributed by atoms with Crippen LogP contribution < -0.4 is 10.8 Å². The van der Waals surface area contributed by atoms with Gasteiger partial charge in [-0.15, -0.1) is 0 Å². The van der Waals surface area contributed by atoms with Crippen molar-refractivity contribution in [1.82, 2.24) is 15.4 Å². The van der Waals surface area contributed by atoms with Crippen molar-refractivity contribution < 1.29 is 14.4 Å². The fourth-order valence-electron chi connectivity index (χ4n) is 3.14. The number of pyridine rings is 1. The SMILES string of the molecule is O=C(/C=C/c1cnc(NC2CCN(Cc3ccc(F)cc3)CC2)c(Cl)c1)NO. The van der Waals surface area contributed by atoms with Gasteiger partial charge in [0.05, 0.1) is 5.02 Å². The molecule has 0 saturated carbocycles. The number of rotatable bonds is 6. The van der Waals surface area contributed by atoms with Crippen molar-refractivity contribution in [1.29, 1.82) is 0 Å². The normalized spacial score (nSPS) is 15.7. The van der Waals surface area contributed by atoms with E-state index in [2.05, 4.69) is 15.2 Å². The number of benzene rings is 1. The fourth-order valence-corrected chi connectivity index (χ4v) is 3.37. The molecule has 148 valence electrons. The third-order valence-electron chi connectivity index (χ3n) is 4.65. The Morgan fingerprint density at radius 3 is 2.68 bits per heavy atom. The number of piperidine rings is 1. The molecule has 2 aromatic rings. The number of aromatic nitrogens is 1. The molecule has 2 heterocycles. The average molecular weight is 405 g/mol. The fraction of sp³-hybridized carbons (Fsp3) is 0.300. The van der Waals surface area contributed by atoms with Crippen LogP contribution in [0.4, 0.5) is 10.2 Å². The zero-order valence-electron chi connectivity index (χ0n) is 15.2. The molecule has 1 aliphatic heterocycles. The van der Waals surface area contributed by atoms with Crippen molar-refractivity contribution in [2.45, 2.75) is 25.4 Å². The highest BCUT2D eigenvalue weighted by Gasteiger charge is 2.20. The van der Waals surface area contributed by atoms with E-state index in [-0.39, 0.29) is 11.9 Å². The Kier molecular flexibility index (Phi) is 6.97. The minimum absolute atomic E-state index is 0.214. The Bertz CT molecular complexity index is 837. The summed E-state index contributed by atoms with van der Waals surface area (Å²) < 4.78 is 13.0. The maximum atomic E-state index is 13.0. The third kappa shape index (κ3) is 5.76. The highest BCUT2D eigenvalue weighted by atomic mass is 35.5. The number of halogens is 2. The molecule has 28 heavy (non-hydrogen) atoms. The number of nitrogens with zero attached hydrogens (tertiary/aromatic N) is 2. The van der Waals surface area contributed by atoms with Crippen LogP contribution in [-0.2, 0) is 11.3 Å². The van der Waals surface area contributed by atoms with Gasteiger partial charge in [-0.05, 0) is 48.2 Å². The van der Waals surface area contributed by atoms with Crippen LogP contribution in [-0.4, -0.2) is 40.1 Å². The monoisotopic (exact) mass is 404 g/mol. The molecule has 1 aromatic heterocycles. The second kappa shape index (κ2) is 9.64. The van der Waals surface area contributed by atoms with Crippen molar-refractivity contribution in [2.75, 3.05) is 18.4 Å². The van der Waals surface area contributed by atoms with Gasteiger partial charge in [-0.25, -0.2) is 14.9 Å². The molecule has 0 atom stereocenters. The number of hydroxylamine groups is 1. The summed E-state index contributed by atoms with van der Waals surface area (Å²) in [5, 5.41) is 12.3. The second-order valence-corrected chi connectivity index (χ2v) is 7.14. The second-order valence-electron chi connectivity index (χ2n) is 6.73. The van der Waals surface area contributed by atoms with E-state index in [1.807, 2.05) is 12.1 Å². The van der Waals surface area contributed by atoms with Crippen LogP contribution in [0.3, 0.4) is 0 Å². The van der Waals surface area contributed by atoms with Gasteiger partial charge in [-0.1, -0.05) is 23.7 Å². The number of hydrogen-bond acceptors (Lipinski definition) is 5. The standard InChI is InChI=1S/C20H22ClFN4O2/c21-18-11-15(3-6-19(27)25-28)12-23-20(18)24-17-7-9-26(10-8-17)13-14-1-4-16(22)5-2-14/h1-6,11-12,17,28H,7-10,13H2,(H,23,24)(H,25,27)/b6-3+. The summed E-state index contributed by atoms with van der Waals surface area (Å²) in [6.45, 7) is 2.68. The zero-order chi connectivity index (χ0) is 19.9. The molecule has 3 N–H and O–H groups in total. The molecule has 1 amide bonds. The summed E-state index contributed by atoms with van der Waals surface area (Å²) in [7, 11) is 0. The first-order valence-electron chi connectivity index (χ1n) is 9.04. The van der Waals surface area contributed by atoms with Gasteiger partial charge in [-0.3, -0.25) is 14.9 Å². The summed E-state index contributed by atoms with van der Waals surface area (Å²) in [4.78, 5) is 17.7. The topological polar surface area (TPSA) is 77.5 Å². The lowest BCUT2D eigenvalue weighted by atomic mass is 10.0. The number of likely N-dealkylation sites (tertiary alicyclic amines) is 1. The Labute approximate surface area is 168 Å². The molecule has 3 rings (SSSR count). The van der Waals surface area contributed by atoms with Gasteiger partial charge in [0.15, 0.2) is 0 Å². The third-order valence-corrected chi connectivity index (χ3v) is 4.94. The summed E-state index contributed by atoms with van der Waals surface area (Å²) in [6, 6.07) is 8.61. The number of nitrogens with one attached hydrogen (secondary N) is 2. The maximum absolute atomic E-state index is 13.0. The molecule has 0 spiro atoms. The molecule has 6 nitrogen and oxygen atoms in total.